The Bertz CT molecular complexity index is 763. The van der Waals surface area contributed by atoms with E-state index in [1.165, 1.54) is 24.0 Å². The van der Waals surface area contributed by atoms with Gasteiger partial charge in [0, 0.05) is 11.5 Å². The fourth-order valence-corrected chi connectivity index (χ4v) is 4.29. The van der Waals surface area contributed by atoms with Crippen LogP contribution in [0, 0.1) is 18.8 Å². The zero-order chi connectivity index (χ0) is 19.9. The van der Waals surface area contributed by atoms with E-state index >= 15 is 0 Å². The van der Waals surface area contributed by atoms with Gasteiger partial charge in [-0.15, -0.1) is 0 Å². The minimum absolute atomic E-state index is 0.241. The average Bonchev–Trinajstić information content (AvgIpc) is 2.73. The van der Waals surface area contributed by atoms with E-state index in [-0.39, 0.29) is 5.92 Å². The van der Waals surface area contributed by atoms with Gasteiger partial charge in [0.2, 0.25) is 0 Å². The van der Waals surface area contributed by atoms with Gasteiger partial charge in [0.05, 0.1) is 0 Å². The van der Waals surface area contributed by atoms with E-state index in [1.807, 2.05) is 12.1 Å². The summed E-state index contributed by atoms with van der Waals surface area (Å²) in [5.74, 6) is -0.745. The third kappa shape index (κ3) is 5.53. The Morgan fingerprint density at radius 3 is 1.89 bits per heavy atom. The maximum atomic E-state index is 14.7. The van der Waals surface area contributed by atoms with Crippen LogP contribution in [0.25, 0.3) is 5.83 Å². The lowest BCUT2D eigenvalue weighted by molar-refractivity contribution is 0.261. The summed E-state index contributed by atoms with van der Waals surface area (Å²) in [6, 6.07) is 15.8. The maximum absolute atomic E-state index is 14.7. The summed E-state index contributed by atoms with van der Waals surface area (Å²) in [4.78, 5) is 0. The van der Waals surface area contributed by atoms with Crippen molar-refractivity contribution in [2.24, 2.45) is 11.8 Å². The highest BCUT2D eigenvalue weighted by molar-refractivity contribution is 5.61. The van der Waals surface area contributed by atoms with E-state index < -0.39 is 11.7 Å². The number of allylic oxidation sites excluding steroid dienone is 1. The van der Waals surface area contributed by atoms with Crippen LogP contribution in [0.5, 0.6) is 0 Å². The van der Waals surface area contributed by atoms with Gasteiger partial charge in [-0.1, -0.05) is 73.9 Å². The van der Waals surface area contributed by atoms with Crippen LogP contribution < -0.4 is 0 Å². The first-order chi connectivity index (χ1) is 13.6. The van der Waals surface area contributed by atoms with Gasteiger partial charge in [-0.25, -0.2) is 8.78 Å². The van der Waals surface area contributed by atoms with Crippen molar-refractivity contribution in [2.75, 3.05) is 0 Å². The fourth-order valence-electron chi connectivity index (χ4n) is 4.29. The molecule has 0 saturated heterocycles. The molecule has 2 aromatic rings. The maximum Gasteiger partial charge on any atom is 0.162 e. The lowest BCUT2D eigenvalue weighted by atomic mass is 9.79. The molecule has 2 aromatic carbocycles. The van der Waals surface area contributed by atoms with E-state index in [2.05, 4.69) is 38.1 Å². The number of aryl methyl sites for hydroxylation is 3. The summed E-state index contributed by atoms with van der Waals surface area (Å²) < 4.78 is 29.4. The Morgan fingerprint density at radius 2 is 1.36 bits per heavy atom. The largest absolute Gasteiger partial charge is 0.208 e. The Labute approximate surface area is 168 Å². The highest BCUT2D eigenvalue weighted by Gasteiger charge is 2.26. The molecule has 2 heteroatoms. The Kier molecular flexibility index (Phi) is 7.42. The van der Waals surface area contributed by atoms with Crippen molar-refractivity contribution in [3.8, 4) is 0 Å². The summed E-state index contributed by atoms with van der Waals surface area (Å²) >= 11 is 0. The molecule has 0 atom stereocenters. The summed E-state index contributed by atoms with van der Waals surface area (Å²) in [7, 11) is 0. The zero-order valence-corrected chi connectivity index (χ0v) is 17.2. The average molecular weight is 383 g/mol. The SMILES string of the molecule is CCCC1CCC(C(F)=C(F)c2ccc(CCc3ccc(C)cc3)cc2)CC1. The Morgan fingerprint density at radius 1 is 0.821 bits per heavy atom. The minimum Gasteiger partial charge on any atom is -0.208 e. The van der Waals surface area contributed by atoms with Crippen LogP contribution in [-0.2, 0) is 12.8 Å². The van der Waals surface area contributed by atoms with Crippen molar-refractivity contribution in [1.82, 2.24) is 0 Å². The van der Waals surface area contributed by atoms with Crippen LogP contribution >= 0.6 is 0 Å². The molecule has 0 unspecified atom stereocenters. The zero-order valence-electron chi connectivity index (χ0n) is 17.2. The molecule has 1 saturated carbocycles. The van der Waals surface area contributed by atoms with Crippen LogP contribution in [0.4, 0.5) is 8.78 Å². The van der Waals surface area contributed by atoms with Crippen molar-refractivity contribution in [3.05, 3.63) is 76.6 Å². The van der Waals surface area contributed by atoms with Crippen molar-refractivity contribution < 1.29 is 8.78 Å². The minimum atomic E-state index is -0.663. The molecule has 0 heterocycles. The standard InChI is InChI=1S/C26H32F2/c1-3-4-20-11-15-23(16-12-20)25(27)26(28)24-17-13-22(14-18-24)10-9-21-7-5-19(2)6-8-21/h5-8,13-14,17-18,20,23H,3-4,9-12,15-16H2,1-2H3. The first-order valence-electron chi connectivity index (χ1n) is 10.8. The van der Waals surface area contributed by atoms with Gasteiger partial charge in [-0.2, -0.15) is 0 Å². The second-order valence-corrected chi connectivity index (χ2v) is 8.35. The summed E-state index contributed by atoms with van der Waals surface area (Å²) in [5.41, 5.74) is 4.08. The molecule has 0 amide bonds. The molecule has 0 radical (unpaired) electrons. The molecule has 150 valence electrons. The number of rotatable bonds is 7. The van der Waals surface area contributed by atoms with E-state index in [0.29, 0.717) is 11.5 Å². The fraction of sp³-hybridized carbons (Fsp3) is 0.462. The first-order valence-corrected chi connectivity index (χ1v) is 10.8. The van der Waals surface area contributed by atoms with Crippen LogP contribution in [0.2, 0.25) is 0 Å². The quantitative estimate of drug-likeness (QED) is 0.455. The van der Waals surface area contributed by atoms with Crippen LogP contribution in [-0.4, -0.2) is 0 Å². The number of hydrogen-bond acceptors (Lipinski definition) is 0. The van der Waals surface area contributed by atoms with Gasteiger partial charge in [-0.05, 0) is 62.5 Å². The normalized spacial score (nSPS) is 20.7. The molecule has 0 aromatic heterocycles. The third-order valence-electron chi connectivity index (χ3n) is 6.14. The van der Waals surface area contributed by atoms with Gasteiger partial charge in [0.25, 0.3) is 0 Å². The molecule has 0 N–H and O–H groups in total. The van der Waals surface area contributed by atoms with E-state index in [4.69, 9.17) is 0 Å². The first kappa shape index (κ1) is 20.8. The molecule has 1 aliphatic carbocycles. The molecule has 0 nitrogen and oxygen atoms in total. The van der Waals surface area contributed by atoms with Gasteiger partial charge in [0.15, 0.2) is 5.83 Å². The van der Waals surface area contributed by atoms with E-state index in [9.17, 15) is 8.78 Å². The second-order valence-electron chi connectivity index (χ2n) is 8.35. The monoisotopic (exact) mass is 382 g/mol. The smallest absolute Gasteiger partial charge is 0.162 e. The number of halogens is 2. The van der Waals surface area contributed by atoms with Crippen molar-refractivity contribution in [1.29, 1.82) is 0 Å². The lowest BCUT2D eigenvalue weighted by Crippen LogP contribution is -2.15. The predicted molar refractivity (Wildman–Crippen MR) is 115 cm³/mol. The summed E-state index contributed by atoms with van der Waals surface area (Å²) in [5, 5.41) is 0. The molecular weight excluding hydrogens is 350 g/mol. The molecule has 0 aliphatic heterocycles. The predicted octanol–water partition coefficient (Wildman–Crippen LogP) is 7.99. The topological polar surface area (TPSA) is 0 Å². The molecule has 3 rings (SSSR count). The Balaban J connectivity index is 1.58. The van der Waals surface area contributed by atoms with Crippen LogP contribution in [0.3, 0.4) is 0 Å². The number of hydrogen-bond donors (Lipinski definition) is 0. The lowest BCUT2D eigenvalue weighted by Gasteiger charge is -2.27. The third-order valence-corrected chi connectivity index (χ3v) is 6.14. The second kappa shape index (κ2) is 10.0. The molecule has 1 aliphatic rings. The molecule has 1 fully saturated rings. The van der Waals surface area contributed by atoms with E-state index in [1.54, 1.807) is 12.1 Å². The highest BCUT2D eigenvalue weighted by atomic mass is 19.2. The Hall–Kier alpha value is -1.96. The van der Waals surface area contributed by atoms with Gasteiger partial charge < -0.3 is 0 Å². The number of benzene rings is 2. The van der Waals surface area contributed by atoms with Crippen molar-refractivity contribution in [3.63, 3.8) is 0 Å². The highest BCUT2D eigenvalue weighted by Crippen LogP contribution is 2.39. The summed E-state index contributed by atoms with van der Waals surface area (Å²) in [6.45, 7) is 4.28. The molecule has 28 heavy (non-hydrogen) atoms. The van der Waals surface area contributed by atoms with Crippen LogP contribution in [0.15, 0.2) is 54.4 Å². The van der Waals surface area contributed by atoms with E-state index in [0.717, 1.165) is 44.1 Å². The molecular formula is C26H32F2. The van der Waals surface area contributed by atoms with Gasteiger partial charge in [0.1, 0.15) is 5.83 Å². The van der Waals surface area contributed by atoms with Crippen molar-refractivity contribution in [2.45, 2.75) is 65.2 Å². The van der Waals surface area contributed by atoms with Crippen molar-refractivity contribution >= 4 is 5.83 Å². The van der Waals surface area contributed by atoms with Gasteiger partial charge >= 0.3 is 0 Å². The van der Waals surface area contributed by atoms with Gasteiger partial charge in [-0.3, -0.25) is 0 Å². The van der Waals surface area contributed by atoms with Crippen LogP contribution in [0.1, 0.15) is 67.7 Å². The summed E-state index contributed by atoms with van der Waals surface area (Å²) in [6.07, 6.45) is 7.85. The molecule has 0 spiro atoms. The molecule has 0 bridgehead atoms.